The molecule has 0 unspecified atom stereocenters. The van der Waals surface area contributed by atoms with Gasteiger partial charge in [-0.2, -0.15) is 0 Å². The number of likely N-dealkylation sites (tertiary alicyclic amines) is 1. The molecule has 1 aliphatic heterocycles. The molecule has 33 heavy (non-hydrogen) atoms. The number of nitrogens with one attached hydrogen (secondary N) is 1. The van der Waals surface area contributed by atoms with Crippen LogP contribution in [-0.4, -0.2) is 33.4 Å². The summed E-state index contributed by atoms with van der Waals surface area (Å²) < 4.78 is 1.38. The third-order valence-corrected chi connectivity index (χ3v) is 7.17. The normalized spacial score (nSPS) is 14.1. The summed E-state index contributed by atoms with van der Waals surface area (Å²) in [7, 11) is 0. The van der Waals surface area contributed by atoms with Gasteiger partial charge in [0.05, 0.1) is 11.7 Å². The maximum Gasteiger partial charge on any atom is 0.262 e. The zero-order valence-electron chi connectivity index (χ0n) is 18.4. The van der Waals surface area contributed by atoms with Gasteiger partial charge in [0.25, 0.3) is 5.56 Å². The number of aromatic nitrogens is 2. The van der Waals surface area contributed by atoms with Crippen LogP contribution in [0.15, 0.2) is 71.8 Å². The van der Waals surface area contributed by atoms with Gasteiger partial charge < -0.3 is 5.32 Å². The molecule has 3 heterocycles. The Morgan fingerprint density at radius 3 is 2.52 bits per heavy atom. The van der Waals surface area contributed by atoms with Crippen molar-refractivity contribution in [2.24, 2.45) is 0 Å². The quantitative estimate of drug-likeness (QED) is 0.454. The molecule has 4 aromatic rings. The average Bonchev–Trinajstić information content (AvgIpc) is 3.51. The second kappa shape index (κ2) is 9.68. The monoisotopic (exact) mass is 458 g/mol. The predicted molar refractivity (Wildman–Crippen MR) is 132 cm³/mol. The molecule has 1 fully saturated rings. The van der Waals surface area contributed by atoms with Crippen molar-refractivity contribution in [1.82, 2.24) is 19.8 Å². The Kier molecular flexibility index (Phi) is 6.32. The summed E-state index contributed by atoms with van der Waals surface area (Å²) >= 11 is 1.49. The van der Waals surface area contributed by atoms with E-state index in [1.54, 1.807) is 0 Å². The fourth-order valence-corrected chi connectivity index (χ4v) is 5.28. The number of carbonyl (C=O) groups excluding carboxylic acids is 1. The Balaban J connectivity index is 1.27. The summed E-state index contributed by atoms with van der Waals surface area (Å²) in [4.78, 5) is 34.2. The highest BCUT2D eigenvalue weighted by molar-refractivity contribution is 7.21. The Hall–Kier alpha value is -3.29. The van der Waals surface area contributed by atoms with Crippen molar-refractivity contribution < 1.29 is 4.79 Å². The lowest BCUT2D eigenvalue weighted by atomic mass is 10.1. The second-order valence-electron chi connectivity index (χ2n) is 8.40. The van der Waals surface area contributed by atoms with E-state index in [1.807, 2.05) is 48.5 Å². The number of fused-ring (bicyclic) bond motifs is 1. The maximum atomic E-state index is 13.0. The van der Waals surface area contributed by atoms with E-state index in [0.29, 0.717) is 16.8 Å². The van der Waals surface area contributed by atoms with Gasteiger partial charge in [-0.3, -0.25) is 19.1 Å². The first-order chi connectivity index (χ1) is 16.2. The van der Waals surface area contributed by atoms with Crippen molar-refractivity contribution in [3.8, 4) is 10.4 Å². The topological polar surface area (TPSA) is 67.2 Å². The molecule has 2 aromatic carbocycles. The van der Waals surface area contributed by atoms with Crippen molar-refractivity contribution in [1.29, 1.82) is 0 Å². The van der Waals surface area contributed by atoms with Gasteiger partial charge >= 0.3 is 0 Å². The Morgan fingerprint density at radius 1 is 1.00 bits per heavy atom. The molecule has 2 aromatic heterocycles. The first kappa shape index (κ1) is 21.6. The summed E-state index contributed by atoms with van der Waals surface area (Å²) in [5.74, 6) is -0.201. The largest absolute Gasteiger partial charge is 0.350 e. The van der Waals surface area contributed by atoms with Crippen molar-refractivity contribution in [2.75, 3.05) is 13.1 Å². The molecule has 7 heteroatoms. The molecule has 1 aliphatic rings. The standard InChI is InChI=1S/C26H26N4O2S/c31-24(27-15-20-10-4-5-11-21(20)16-29-12-6-7-13-29)17-30-18-28-25-22(26(30)32)14-23(33-25)19-8-2-1-3-9-19/h1-5,8-11,14,18H,6-7,12-13,15-17H2,(H,27,31). The number of carbonyl (C=O) groups is 1. The lowest BCUT2D eigenvalue weighted by molar-refractivity contribution is -0.121. The van der Waals surface area contributed by atoms with Crippen molar-refractivity contribution in [3.05, 3.63) is 88.5 Å². The molecule has 1 amide bonds. The van der Waals surface area contributed by atoms with Crippen LogP contribution in [-0.2, 0) is 24.4 Å². The van der Waals surface area contributed by atoms with Gasteiger partial charge in [-0.15, -0.1) is 11.3 Å². The molecular formula is C26H26N4O2S. The van der Waals surface area contributed by atoms with Gasteiger partial charge in [-0.1, -0.05) is 54.6 Å². The minimum atomic E-state index is -0.201. The van der Waals surface area contributed by atoms with Crippen LogP contribution in [0, 0.1) is 0 Å². The predicted octanol–water partition coefficient (Wildman–Crippen LogP) is 4.04. The lowest BCUT2D eigenvalue weighted by Gasteiger charge is -2.17. The molecule has 0 aliphatic carbocycles. The molecular weight excluding hydrogens is 432 g/mol. The molecule has 1 saturated heterocycles. The van der Waals surface area contributed by atoms with Crippen molar-refractivity contribution in [2.45, 2.75) is 32.5 Å². The smallest absolute Gasteiger partial charge is 0.262 e. The maximum absolute atomic E-state index is 13.0. The van der Waals surface area contributed by atoms with E-state index in [1.165, 1.54) is 40.6 Å². The number of hydrogen-bond donors (Lipinski definition) is 1. The van der Waals surface area contributed by atoms with Gasteiger partial charge in [-0.05, 0) is 48.7 Å². The Bertz CT molecular complexity index is 1320. The van der Waals surface area contributed by atoms with Gasteiger partial charge in [0.15, 0.2) is 0 Å². The van der Waals surface area contributed by atoms with Crippen LogP contribution < -0.4 is 10.9 Å². The average molecular weight is 459 g/mol. The minimum absolute atomic E-state index is 0.0490. The van der Waals surface area contributed by atoms with Gasteiger partial charge in [0.2, 0.25) is 5.91 Å². The summed E-state index contributed by atoms with van der Waals surface area (Å²) in [6, 6.07) is 20.0. The molecule has 1 N–H and O–H groups in total. The molecule has 0 saturated carbocycles. The zero-order valence-corrected chi connectivity index (χ0v) is 19.2. The third kappa shape index (κ3) is 4.89. The molecule has 0 atom stereocenters. The number of thiophene rings is 1. The van der Waals surface area contributed by atoms with E-state index in [0.717, 1.165) is 35.6 Å². The van der Waals surface area contributed by atoms with Crippen LogP contribution >= 0.6 is 11.3 Å². The van der Waals surface area contributed by atoms with E-state index in [2.05, 4.69) is 27.3 Å². The van der Waals surface area contributed by atoms with Gasteiger partial charge in [0.1, 0.15) is 11.4 Å². The molecule has 0 spiro atoms. The number of rotatable bonds is 7. The second-order valence-corrected chi connectivity index (χ2v) is 9.43. The summed E-state index contributed by atoms with van der Waals surface area (Å²) in [5, 5.41) is 3.52. The third-order valence-electron chi connectivity index (χ3n) is 6.08. The van der Waals surface area contributed by atoms with Crippen LogP contribution in [0.1, 0.15) is 24.0 Å². The van der Waals surface area contributed by atoms with Gasteiger partial charge in [-0.25, -0.2) is 4.98 Å². The Morgan fingerprint density at radius 2 is 1.73 bits per heavy atom. The SMILES string of the molecule is O=C(Cn1cnc2sc(-c3ccccc3)cc2c1=O)NCc1ccccc1CN1CCCC1. The molecule has 6 nitrogen and oxygen atoms in total. The molecule has 168 valence electrons. The summed E-state index contributed by atoms with van der Waals surface area (Å²) in [5.41, 5.74) is 3.22. The summed E-state index contributed by atoms with van der Waals surface area (Å²) in [6.07, 6.45) is 3.98. The number of benzene rings is 2. The summed E-state index contributed by atoms with van der Waals surface area (Å²) in [6.45, 7) is 3.58. The van der Waals surface area contributed by atoms with Crippen LogP contribution in [0.5, 0.6) is 0 Å². The minimum Gasteiger partial charge on any atom is -0.350 e. The molecule has 0 radical (unpaired) electrons. The number of nitrogens with zero attached hydrogens (tertiary/aromatic N) is 3. The van der Waals surface area contributed by atoms with Crippen molar-refractivity contribution >= 4 is 27.5 Å². The molecule has 0 bridgehead atoms. The highest BCUT2D eigenvalue weighted by atomic mass is 32.1. The number of amides is 1. The fraction of sp³-hybridized carbons (Fsp3) is 0.269. The van der Waals surface area contributed by atoms with E-state index >= 15 is 0 Å². The van der Waals surface area contributed by atoms with E-state index in [-0.39, 0.29) is 18.0 Å². The zero-order chi connectivity index (χ0) is 22.6. The first-order valence-electron chi connectivity index (χ1n) is 11.3. The van der Waals surface area contributed by atoms with E-state index in [9.17, 15) is 9.59 Å². The highest BCUT2D eigenvalue weighted by Crippen LogP contribution is 2.30. The van der Waals surface area contributed by atoms with Crippen molar-refractivity contribution in [3.63, 3.8) is 0 Å². The van der Waals surface area contributed by atoms with Crippen LogP contribution in [0.3, 0.4) is 0 Å². The van der Waals surface area contributed by atoms with E-state index < -0.39 is 0 Å². The van der Waals surface area contributed by atoms with Crippen LogP contribution in [0.2, 0.25) is 0 Å². The Labute approximate surface area is 196 Å². The first-order valence-corrected chi connectivity index (χ1v) is 12.1. The lowest BCUT2D eigenvalue weighted by Crippen LogP contribution is -2.32. The van der Waals surface area contributed by atoms with Crippen LogP contribution in [0.4, 0.5) is 0 Å². The number of hydrogen-bond acceptors (Lipinski definition) is 5. The highest BCUT2D eigenvalue weighted by Gasteiger charge is 2.15. The fourth-order valence-electron chi connectivity index (χ4n) is 4.29. The molecule has 5 rings (SSSR count). The van der Waals surface area contributed by atoms with E-state index in [4.69, 9.17) is 0 Å². The van der Waals surface area contributed by atoms with Crippen LogP contribution in [0.25, 0.3) is 20.7 Å². The van der Waals surface area contributed by atoms with Gasteiger partial charge in [0, 0.05) is 18.0 Å².